The maximum absolute atomic E-state index is 13.7. The van der Waals surface area contributed by atoms with E-state index >= 15 is 0 Å². The van der Waals surface area contributed by atoms with Crippen LogP contribution in [0.2, 0.25) is 0 Å². The Morgan fingerprint density at radius 2 is 2.00 bits per heavy atom. The molecule has 0 aromatic heterocycles. The van der Waals surface area contributed by atoms with E-state index in [0.29, 0.717) is 11.3 Å². The third kappa shape index (κ3) is 5.71. The molecule has 0 aliphatic carbocycles. The third-order valence-electron chi connectivity index (χ3n) is 3.36. The summed E-state index contributed by atoms with van der Waals surface area (Å²) in [6.45, 7) is 4.95. The highest BCUT2D eigenvalue weighted by Crippen LogP contribution is 2.17. The first-order valence-corrected chi connectivity index (χ1v) is 7.20. The van der Waals surface area contributed by atoms with Crippen molar-refractivity contribution in [3.05, 3.63) is 29.6 Å². The molecule has 1 rings (SSSR count). The van der Waals surface area contributed by atoms with Crippen LogP contribution in [0, 0.1) is 5.82 Å². The molecule has 118 valence electrons. The number of amides is 1. The second kappa shape index (κ2) is 7.41. The number of nitrogens with one attached hydrogen (secondary N) is 2. The molecule has 0 radical (unpaired) electrons. The standard InChI is InChI=1S/C16H26FN3O/c1-16(2,9-6-10-20(4)5)19-15(21)12-7-8-14(18-3)13(17)11-12/h7-8,11,18H,6,9-10H2,1-5H3,(H,19,21). The number of carbonyl (C=O) groups excluding carboxylic acids is 1. The summed E-state index contributed by atoms with van der Waals surface area (Å²) in [5.74, 6) is -0.665. The first-order valence-electron chi connectivity index (χ1n) is 7.20. The fraction of sp³-hybridized carbons (Fsp3) is 0.562. The van der Waals surface area contributed by atoms with Gasteiger partial charge in [0.05, 0.1) is 5.69 Å². The van der Waals surface area contributed by atoms with Gasteiger partial charge < -0.3 is 15.5 Å². The summed E-state index contributed by atoms with van der Waals surface area (Å²) in [6.07, 6.45) is 1.86. The molecule has 1 aromatic carbocycles. The van der Waals surface area contributed by atoms with Crippen molar-refractivity contribution in [1.82, 2.24) is 10.2 Å². The van der Waals surface area contributed by atoms with Crippen molar-refractivity contribution in [3.8, 4) is 0 Å². The van der Waals surface area contributed by atoms with Crippen LogP contribution in [0.1, 0.15) is 37.0 Å². The number of benzene rings is 1. The molecule has 0 heterocycles. The number of carbonyl (C=O) groups is 1. The minimum absolute atomic E-state index is 0.244. The van der Waals surface area contributed by atoms with E-state index in [9.17, 15) is 9.18 Å². The summed E-state index contributed by atoms with van der Waals surface area (Å²) in [5, 5.41) is 5.70. The molecule has 0 spiro atoms. The first-order chi connectivity index (χ1) is 9.75. The zero-order valence-corrected chi connectivity index (χ0v) is 13.6. The van der Waals surface area contributed by atoms with Crippen LogP contribution in [-0.2, 0) is 0 Å². The zero-order chi connectivity index (χ0) is 16.0. The van der Waals surface area contributed by atoms with Gasteiger partial charge in [-0.2, -0.15) is 0 Å². The summed E-state index contributed by atoms with van der Waals surface area (Å²) >= 11 is 0. The van der Waals surface area contributed by atoms with Gasteiger partial charge in [0, 0.05) is 18.2 Å². The fourth-order valence-corrected chi connectivity index (χ4v) is 2.14. The molecule has 1 aromatic rings. The Morgan fingerprint density at radius 3 is 2.52 bits per heavy atom. The van der Waals surface area contributed by atoms with Gasteiger partial charge in [-0.25, -0.2) is 4.39 Å². The predicted octanol–water partition coefficient (Wildman–Crippen LogP) is 2.72. The minimum Gasteiger partial charge on any atom is -0.386 e. The van der Waals surface area contributed by atoms with Gasteiger partial charge in [0.15, 0.2) is 0 Å². The highest BCUT2D eigenvalue weighted by molar-refractivity contribution is 5.95. The number of halogens is 1. The molecule has 0 atom stereocenters. The molecule has 21 heavy (non-hydrogen) atoms. The van der Waals surface area contributed by atoms with E-state index < -0.39 is 5.82 Å². The van der Waals surface area contributed by atoms with Crippen molar-refractivity contribution in [3.63, 3.8) is 0 Å². The average molecular weight is 295 g/mol. The average Bonchev–Trinajstić information content (AvgIpc) is 2.37. The van der Waals surface area contributed by atoms with Crippen LogP contribution in [-0.4, -0.2) is 44.0 Å². The fourth-order valence-electron chi connectivity index (χ4n) is 2.14. The van der Waals surface area contributed by atoms with Crippen LogP contribution in [0.15, 0.2) is 18.2 Å². The molecule has 1 amide bonds. The van der Waals surface area contributed by atoms with Gasteiger partial charge in [0.25, 0.3) is 5.91 Å². The Balaban J connectivity index is 2.64. The summed E-state index contributed by atoms with van der Waals surface area (Å²) in [6, 6.07) is 4.46. The molecule has 0 aliphatic heterocycles. The number of nitrogens with zero attached hydrogens (tertiary/aromatic N) is 1. The van der Waals surface area contributed by atoms with E-state index in [1.54, 1.807) is 19.2 Å². The van der Waals surface area contributed by atoms with Gasteiger partial charge in [0.2, 0.25) is 0 Å². The Kier molecular flexibility index (Phi) is 6.15. The molecule has 0 saturated carbocycles. The van der Waals surface area contributed by atoms with Crippen molar-refractivity contribution in [2.24, 2.45) is 0 Å². The van der Waals surface area contributed by atoms with E-state index in [-0.39, 0.29) is 11.4 Å². The van der Waals surface area contributed by atoms with Gasteiger partial charge in [-0.15, -0.1) is 0 Å². The van der Waals surface area contributed by atoms with Crippen molar-refractivity contribution in [2.45, 2.75) is 32.2 Å². The highest BCUT2D eigenvalue weighted by Gasteiger charge is 2.21. The molecule has 0 saturated heterocycles. The van der Waals surface area contributed by atoms with Gasteiger partial charge in [-0.3, -0.25) is 4.79 Å². The largest absolute Gasteiger partial charge is 0.386 e. The molecule has 0 unspecified atom stereocenters. The monoisotopic (exact) mass is 295 g/mol. The van der Waals surface area contributed by atoms with Crippen molar-refractivity contribution >= 4 is 11.6 Å². The Morgan fingerprint density at radius 1 is 1.33 bits per heavy atom. The number of hydrogen-bond acceptors (Lipinski definition) is 3. The van der Waals surface area contributed by atoms with Crippen LogP contribution >= 0.6 is 0 Å². The van der Waals surface area contributed by atoms with E-state index in [4.69, 9.17) is 0 Å². The van der Waals surface area contributed by atoms with E-state index in [1.165, 1.54) is 6.07 Å². The molecule has 0 fully saturated rings. The van der Waals surface area contributed by atoms with E-state index in [0.717, 1.165) is 19.4 Å². The third-order valence-corrected chi connectivity index (χ3v) is 3.36. The second-order valence-corrected chi connectivity index (χ2v) is 6.19. The van der Waals surface area contributed by atoms with Gasteiger partial charge in [0.1, 0.15) is 5.82 Å². The van der Waals surface area contributed by atoms with Crippen molar-refractivity contribution in [1.29, 1.82) is 0 Å². The first kappa shape index (κ1) is 17.4. The Hall–Kier alpha value is -1.62. The molecule has 0 bridgehead atoms. The number of hydrogen-bond donors (Lipinski definition) is 2. The maximum atomic E-state index is 13.7. The Labute approximate surface area is 126 Å². The normalized spacial score (nSPS) is 11.6. The summed E-state index contributed by atoms with van der Waals surface area (Å²) in [4.78, 5) is 14.3. The van der Waals surface area contributed by atoms with Crippen molar-refractivity contribution in [2.75, 3.05) is 33.0 Å². The molecule has 2 N–H and O–H groups in total. The summed E-state index contributed by atoms with van der Waals surface area (Å²) in [5.41, 5.74) is 0.412. The SMILES string of the molecule is CNc1ccc(C(=O)NC(C)(C)CCCN(C)C)cc1F. The van der Waals surface area contributed by atoms with E-state index in [1.807, 2.05) is 27.9 Å². The molecular formula is C16H26FN3O. The highest BCUT2D eigenvalue weighted by atomic mass is 19.1. The van der Waals surface area contributed by atoms with Crippen LogP contribution in [0.3, 0.4) is 0 Å². The topological polar surface area (TPSA) is 44.4 Å². The lowest BCUT2D eigenvalue weighted by molar-refractivity contribution is 0.0907. The van der Waals surface area contributed by atoms with Crippen LogP contribution in [0.4, 0.5) is 10.1 Å². The second-order valence-electron chi connectivity index (χ2n) is 6.19. The Bertz CT molecular complexity index is 486. The summed E-state index contributed by atoms with van der Waals surface area (Å²) < 4.78 is 13.7. The summed E-state index contributed by atoms with van der Waals surface area (Å²) in [7, 11) is 5.70. The van der Waals surface area contributed by atoms with E-state index in [2.05, 4.69) is 15.5 Å². The predicted molar refractivity (Wildman–Crippen MR) is 85.3 cm³/mol. The zero-order valence-electron chi connectivity index (χ0n) is 13.6. The smallest absolute Gasteiger partial charge is 0.251 e. The molecule has 4 nitrogen and oxygen atoms in total. The lowest BCUT2D eigenvalue weighted by Crippen LogP contribution is -2.43. The van der Waals surface area contributed by atoms with Gasteiger partial charge >= 0.3 is 0 Å². The minimum atomic E-state index is -0.421. The molecule has 0 aliphatic rings. The number of anilines is 1. The van der Waals surface area contributed by atoms with Crippen LogP contribution in [0.25, 0.3) is 0 Å². The van der Waals surface area contributed by atoms with Gasteiger partial charge in [-0.05, 0) is 65.5 Å². The van der Waals surface area contributed by atoms with Gasteiger partial charge in [-0.1, -0.05) is 0 Å². The lowest BCUT2D eigenvalue weighted by Gasteiger charge is -2.27. The van der Waals surface area contributed by atoms with Crippen molar-refractivity contribution < 1.29 is 9.18 Å². The number of rotatable bonds is 7. The lowest BCUT2D eigenvalue weighted by atomic mass is 9.97. The molecule has 5 heteroatoms. The maximum Gasteiger partial charge on any atom is 0.251 e. The molecular weight excluding hydrogens is 269 g/mol. The van der Waals surface area contributed by atoms with Crippen LogP contribution < -0.4 is 10.6 Å². The quantitative estimate of drug-likeness (QED) is 0.813. The van der Waals surface area contributed by atoms with Crippen LogP contribution in [0.5, 0.6) is 0 Å².